The lowest BCUT2D eigenvalue weighted by Crippen LogP contribution is -2.35. The van der Waals surface area contributed by atoms with Gasteiger partial charge in [-0.15, -0.1) is 23.2 Å². The van der Waals surface area contributed by atoms with Crippen LogP contribution in [0, 0.1) is 0 Å². The molecule has 1 amide bonds. The van der Waals surface area contributed by atoms with Crippen molar-refractivity contribution in [1.29, 1.82) is 0 Å². The average Bonchev–Trinajstić information content (AvgIpc) is 2.38. The maximum absolute atomic E-state index is 12.4. The van der Waals surface area contributed by atoms with E-state index in [0.29, 0.717) is 18.7 Å². The number of carbonyl (C=O) groups excluding carboxylic acids is 1. The van der Waals surface area contributed by atoms with Gasteiger partial charge in [-0.25, -0.2) is 0 Å². The first-order chi connectivity index (χ1) is 9.38. The van der Waals surface area contributed by atoms with Crippen molar-refractivity contribution < 1.29 is 18.0 Å². The Hall–Kier alpha value is -0.940. The lowest BCUT2D eigenvalue weighted by atomic mass is 10.1. The molecule has 0 saturated heterocycles. The van der Waals surface area contributed by atoms with E-state index in [4.69, 9.17) is 23.2 Å². The smallest absolute Gasteiger partial charge is 0.340 e. The molecule has 0 aromatic heterocycles. The maximum atomic E-state index is 12.4. The fourth-order valence-corrected chi connectivity index (χ4v) is 2.07. The Morgan fingerprint density at radius 1 is 1.05 bits per heavy atom. The van der Waals surface area contributed by atoms with Gasteiger partial charge in [-0.2, -0.15) is 13.2 Å². The van der Waals surface area contributed by atoms with Crippen molar-refractivity contribution in [3.8, 4) is 0 Å². The van der Waals surface area contributed by atoms with Crippen LogP contribution in [0.4, 0.5) is 13.2 Å². The summed E-state index contributed by atoms with van der Waals surface area (Å²) in [4.78, 5) is 13.5. The Balaban J connectivity index is 2.70. The van der Waals surface area contributed by atoms with Gasteiger partial charge in [0.2, 0.25) is 5.91 Å². The molecule has 7 heteroatoms. The number of rotatable bonds is 6. The van der Waals surface area contributed by atoms with Crippen LogP contribution in [0.2, 0.25) is 0 Å². The molecule has 112 valence electrons. The molecule has 0 fully saturated rings. The van der Waals surface area contributed by atoms with E-state index in [1.807, 2.05) is 0 Å². The molecule has 0 aliphatic carbocycles. The molecule has 0 atom stereocenters. The van der Waals surface area contributed by atoms with Gasteiger partial charge in [0.15, 0.2) is 0 Å². The van der Waals surface area contributed by atoms with E-state index >= 15 is 0 Å². The SMILES string of the molecule is O=C(Cc1ccc(C(F)(F)F)cc1)N(CCCl)CCCl. The van der Waals surface area contributed by atoms with Crippen molar-refractivity contribution in [3.05, 3.63) is 35.4 Å². The van der Waals surface area contributed by atoms with Crippen molar-refractivity contribution in [2.45, 2.75) is 12.6 Å². The monoisotopic (exact) mass is 327 g/mol. The van der Waals surface area contributed by atoms with Gasteiger partial charge in [0.05, 0.1) is 12.0 Å². The average molecular weight is 328 g/mol. The molecular weight excluding hydrogens is 314 g/mol. The number of nitrogens with zero attached hydrogens (tertiary/aromatic N) is 1. The third-order valence-electron chi connectivity index (χ3n) is 2.70. The molecule has 0 aliphatic heterocycles. The Morgan fingerprint density at radius 3 is 1.95 bits per heavy atom. The van der Waals surface area contributed by atoms with Crippen molar-refractivity contribution in [1.82, 2.24) is 4.90 Å². The van der Waals surface area contributed by atoms with E-state index in [-0.39, 0.29) is 24.1 Å². The number of carbonyl (C=O) groups is 1. The zero-order valence-corrected chi connectivity index (χ0v) is 12.1. The normalized spacial score (nSPS) is 11.4. The summed E-state index contributed by atoms with van der Waals surface area (Å²) >= 11 is 11.2. The first kappa shape index (κ1) is 17.1. The summed E-state index contributed by atoms with van der Waals surface area (Å²) < 4.78 is 37.2. The number of halogens is 5. The van der Waals surface area contributed by atoms with E-state index in [9.17, 15) is 18.0 Å². The molecule has 0 saturated carbocycles. The molecule has 20 heavy (non-hydrogen) atoms. The summed E-state index contributed by atoms with van der Waals surface area (Å²) in [6.07, 6.45) is -4.34. The van der Waals surface area contributed by atoms with Crippen LogP contribution in [0.1, 0.15) is 11.1 Å². The topological polar surface area (TPSA) is 20.3 Å². The van der Waals surface area contributed by atoms with Crippen LogP contribution in [-0.2, 0) is 17.4 Å². The molecule has 1 rings (SSSR count). The van der Waals surface area contributed by atoms with Crippen molar-refractivity contribution in [3.63, 3.8) is 0 Å². The molecular formula is C13H14Cl2F3NO. The van der Waals surface area contributed by atoms with Crippen molar-refractivity contribution in [2.24, 2.45) is 0 Å². The summed E-state index contributed by atoms with van der Waals surface area (Å²) in [5.41, 5.74) is -0.204. The summed E-state index contributed by atoms with van der Waals surface area (Å²) in [5.74, 6) is 0.372. The quantitative estimate of drug-likeness (QED) is 0.732. The molecule has 2 nitrogen and oxygen atoms in total. The van der Waals surface area contributed by atoms with E-state index < -0.39 is 11.7 Å². The number of hydrogen-bond acceptors (Lipinski definition) is 1. The minimum atomic E-state index is -4.37. The van der Waals surface area contributed by atoms with Gasteiger partial charge in [0.25, 0.3) is 0 Å². The number of hydrogen-bond donors (Lipinski definition) is 0. The molecule has 0 heterocycles. The zero-order valence-electron chi connectivity index (χ0n) is 10.6. The fourth-order valence-electron chi connectivity index (χ4n) is 1.66. The van der Waals surface area contributed by atoms with Crippen molar-refractivity contribution in [2.75, 3.05) is 24.8 Å². The lowest BCUT2D eigenvalue weighted by molar-refractivity contribution is -0.137. The molecule has 0 aliphatic rings. The van der Waals surface area contributed by atoms with E-state index in [1.54, 1.807) is 0 Å². The minimum Gasteiger partial charge on any atom is -0.340 e. The molecule has 0 N–H and O–H groups in total. The summed E-state index contributed by atoms with van der Waals surface area (Å²) in [6, 6.07) is 4.55. The van der Waals surface area contributed by atoms with Gasteiger partial charge in [0.1, 0.15) is 0 Å². The number of alkyl halides is 5. The second-order valence-electron chi connectivity index (χ2n) is 4.13. The molecule has 0 bridgehead atoms. The van der Waals surface area contributed by atoms with Crippen LogP contribution in [0.3, 0.4) is 0 Å². The molecule has 0 unspecified atom stereocenters. The summed E-state index contributed by atoms with van der Waals surface area (Å²) in [7, 11) is 0. The van der Waals surface area contributed by atoms with E-state index in [1.165, 1.54) is 17.0 Å². The van der Waals surface area contributed by atoms with Gasteiger partial charge >= 0.3 is 6.18 Å². The van der Waals surface area contributed by atoms with E-state index in [2.05, 4.69) is 0 Å². The van der Waals surface area contributed by atoms with Crippen LogP contribution in [-0.4, -0.2) is 35.7 Å². The predicted molar refractivity (Wildman–Crippen MR) is 73.2 cm³/mol. The van der Waals surface area contributed by atoms with E-state index in [0.717, 1.165) is 12.1 Å². The molecule has 0 radical (unpaired) electrons. The van der Waals surface area contributed by atoms with Crippen LogP contribution in [0.15, 0.2) is 24.3 Å². The fraction of sp³-hybridized carbons (Fsp3) is 0.462. The van der Waals surface area contributed by atoms with Crippen LogP contribution in [0.5, 0.6) is 0 Å². The predicted octanol–water partition coefficient (Wildman–Crippen LogP) is 3.55. The third-order valence-corrected chi connectivity index (χ3v) is 3.04. The maximum Gasteiger partial charge on any atom is 0.416 e. The first-order valence-corrected chi connectivity index (χ1v) is 7.01. The van der Waals surface area contributed by atoms with Crippen LogP contribution < -0.4 is 0 Å². The Bertz CT molecular complexity index is 428. The largest absolute Gasteiger partial charge is 0.416 e. The highest BCUT2D eigenvalue weighted by Crippen LogP contribution is 2.29. The highest BCUT2D eigenvalue weighted by atomic mass is 35.5. The van der Waals surface area contributed by atoms with Gasteiger partial charge in [-0.1, -0.05) is 12.1 Å². The molecule has 1 aromatic rings. The standard InChI is InChI=1S/C13H14Cl2F3NO/c14-5-7-19(8-6-15)12(20)9-10-1-3-11(4-2-10)13(16,17)18/h1-4H,5-9H2. The number of amides is 1. The third kappa shape index (κ3) is 5.21. The van der Waals surface area contributed by atoms with Gasteiger partial charge in [0, 0.05) is 24.8 Å². The van der Waals surface area contributed by atoms with Gasteiger partial charge < -0.3 is 4.90 Å². The Kier molecular flexibility index (Phi) is 6.62. The van der Waals surface area contributed by atoms with Crippen LogP contribution >= 0.6 is 23.2 Å². The second-order valence-corrected chi connectivity index (χ2v) is 4.89. The molecule has 0 spiro atoms. The lowest BCUT2D eigenvalue weighted by Gasteiger charge is -2.20. The minimum absolute atomic E-state index is 0.0336. The Morgan fingerprint density at radius 2 is 1.55 bits per heavy atom. The highest BCUT2D eigenvalue weighted by Gasteiger charge is 2.30. The number of benzene rings is 1. The van der Waals surface area contributed by atoms with Crippen molar-refractivity contribution >= 4 is 29.1 Å². The van der Waals surface area contributed by atoms with Crippen LogP contribution in [0.25, 0.3) is 0 Å². The second kappa shape index (κ2) is 7.74. The Labute approximate surface area is 125 Å². The molecule has 1 aromatic carbocycles. The van der Waals surface area contributed by atoms with Gasteiger partial charge in [-0.3, -0.25) is 4.79 Å². The summed E-state index contributed by atoms with van der Waals surface area (Å²) in [6.45, 7) is 0.738. The highest BCUT2D eigenvalue weighted by molar-refractivity contribution is 6.18. The van der Waals surface area contributed by atoms with Gasteiger partial charge in [-0.05, 0) is 17.7 Å². The zero-order chi connectivity index (χ0) is 15.2. The summed E-state index contributed by atoms with van der Waals surface area (Å²) in [5, 5.41) is 0. The first-order valence-electron chi connectivity index (χ1n) is 5.94.